The smallest absolute Gasteiger partial charge is 0.222 e. The number of hydrogen-bond donors (Lipinski definition) is 0. The van der Waals surface area contributed by atoms with E-state index in [0.717, 1.165) is 0 Å². The van der Waals surface area contributed by atoms with Gasteiger partial charge in [-0.25, -0.2) is 87.8 Å². The predicted octanol–water partition coefficient (Wildman–Crippen LogP) is 7.58. The Hall–Kier alpha value is -5.51. The maximum absolute atomic E-state index is 15.4. The SMILES string of the molecule is Fc1c(F)c(F)c([B-](c2c(F)c(F)c(F)c(F)c2F)(c2c(F)c(F)c(F)c(F)c2F)c2c(F)c(F)c(F)c(F)c2F)c(F)c1F.c1cc[n+](OC2CCCCC2)cc1. The molecule has 2 nitrogen and oxygen atoms in total. The van der Waals surface area contributed by atoms with Crippen LogP contribution >= 0.6 is 0 Å². The molecule has 1 aliphatic carbocycles. The maximum Gasteiger partial charge on any atom is 0.222 e. The highest BCUT2D eigenvalue weighted by molar-refractivity contribution is 7.20. The van der Waals surface area contributed by atoms with Crippen molar-refractivity contribution >= 4 is 28.0 Å². The van der Waals surface area contributed by atoms with Gasteiger partial charge in [0.25, 0.3) is 0 Å². The van der Waals surface area contributed by atoms with Crippen LogP contribution in [0, 0.1) is 116 Å². The summed E-state index contributed by atoms with van der Waals surface area (Å²) in [4.78, 5) is 5.77. The number of nitrogens with zero attached hydrogens (tertiary/aromatic N) is 1. The van der Waals surface area contributed by atoms with Gasteiger partial charge < -0.3 is 0 Å². The molecule has 0 spiro atoms. The highest BCUT2D eigenvalue weighted by Crippen LogP contribution is 2.30. The van der Waals surface area contributed by atoms with Crippen molar-refractivity contribution in [2.45, 2.75) is 38.2 Å². The third kappa shape index (κ3) is 6.84. The molecule has 58 heavy (non-hydrogen) atoms. The van der Waals surface area contributed by atoms with Crippen molar-refractivity contribution in [2.75, 3.05) is 0 Å². The van der Waals surface area contributed by atoms with Crippen molar-refractivity contribution in [3.8, 4) is 0 Å². The summed E-state index contributed by atoms with van der Waals surface area (Å²) in [5.41, 5.74) is -14.3. The summed E-state index contributed by atoms with van der Waals surface area (Å²) in [6.45, 7) is 0. The fourth-order valence-electron chi connectivity index (χ4n) is 6.67. The van der Waals surface area contributed by atoms with Crippen molar-refractivity contribution in [2.24, 2.45) is 0 Å². The Labute approximate surface area is 310 Å². The summed E-state index contributed by atoms with van der Waals surface area (Å²) in [6, 6.07) is 5.98. The van der Waals surface area contributed by atoms with Crippen molar-refractivity contribution in [3.63, 3.8) is 0 Å². The van der Waals surface area contributed by atoms with E-state index >= 15 is 35.1 Å². The first kappa shape index (κ1) is 43.6. The van der Waals surface area contributed by atoms with Crippen LogP contribution in [0.4, 0.5) is 87.8 Å². The molecule has 1 fully saturated rings. The minimum atomic E-state index is -7.22. The zero-order valence-corrected chi connectivity index (χ0v) is 28.0. The molecule has 0 unspecified atom stereocenters. The van der Waals surface area contributed by atoms with Crippen molar-refractivity contribution in [3.05, 3.63) is 147 Å². The molecule has 23 heteroatoms. The van der Waals surface area contributed by atoms with Crippen molar-refractivity contribution < 1.29 is 97.4 Å². The largest absolute Gasteiger partial charge is 0.268 e. The maximum atomic E-state index is 15.4. The zero-order chi connectivity index (χ0) is 43.3. The van der Waals surface area contributed by atoms with Crippen LogP contribution < -0.4 is 31.4 Å². The molecule has 0 N–H and O–H groups in total. The second kappa shape index (κ2) is 16.4. The van der Waals surface area contributed by atoms with Gasteiger partial charge >= 0.3 is 0 Å². The van der Waals surface area contributed by atoms with Gasteiger partial charge in [-0.1, -0.05) is 12.5 Å². The van der Waals surface area contributed by atoms with Crippen LogP contribution in [0.3, 0.4) is 0 Å². The summed E-state index contributed by atoms with van der Waals surface area (Å²) in [5, 5.41) is 0. The van der Waals surface area contributed by atoms with Crippen LogP contribution in [0.1, 0.15) is 32.1 Å². The molecule has 310 valence electrons. The Morgan fingerprint density at radius 3 is 0.793 bits per heavy atom. The standard InChI is InChI=1S/C24BF20.C11H16NO/c26-5-1(6(27)14(35)21(42)13(5)34)25(2-7(28)15(36)22(43)16(37)8(2)29,3-9(30)17(38)23(44)18(39)10(3)31)4-11(32)19(40)24(45)20(41)12(4)33;1-3-7-11(8-4-1)13-12-9-5-2-6-10-12/h;2,5-6,9-11H,1,3-4,7-8H2/q-1;+1. The Balaban J connectivity index is 0.000000414. The van der Waals surface area contributed by atoms with Gasteiger partial charge in [0.05, 0.1) is 0 Å². The molecule has 1 aromatic heterocycles. The van der Waals surface area contributed by atoms with Crippen LogP contribution in [0.15, 0.2) is 30.6 Å². The lowest BCUT2D eigenvalue weighted by atomic mass is 9.12. The van der Waals surface area contributed by atoms with Gasteiger partial charge in [0.2, 0.25) is 12.4 Å². The van der Waals surface area contributed by atoms with Gasteiger partial charge in [0, 0.05) is 16.9 Å². The first-order valence-electron chi connectivity index (χ1n) is 16.0. The molecule has 0 radical (unpaired) electrons. The molecule has 0 bridgehead atoms. The molecule has 0 amide bonds. The van der Waals surface area contributed by atoms with Gasteiger partial charge in [-0.3, -0.25) is 4.84 Å². The third-order valence-electron chi connectivity index (χ3n) is 9.22. The first-order valence-corrected chi connectivity index (χ1v) is 16.0. The minimum Gasteiger partial charge on any atom is -0.268 e. The van der Waals surface area contributed by atoms with E-state index in [0.29, 0.717) is 6.10 Å². The number of aromatic nitrogens is 1. The summed E-state index contributed by atoms with van der Waals surface area (Å²) >= 11 is 0. The Bertz CT molecular complexity index is 2040. The van der Waals surface area contributed by atoms with Crippen LogP contribution in [0.5, 0.6) is 0 Å². The summed E-state index contributed by atoms with van der Waals surface area (Å²) < 4.78 is 296. The highest BCUT2D eigenvalue weighted by atomic mass is 19.2. The van der Waals surface area contributed by atoms with Crippen LogP contribution in [0.2, 0.25) is 0 Å². The number of rotatable bonds is 6. The molecule has 1 aliphatic rings. The third-order valence-corrected chi connectivity index (χ3v) is 9.22. The zero-order valence-electron chi connectivity index (χ0n) is 28.0. The molecule has 0 saturated heterocycles. The quantitative estimate of drug-likeness (QED) is 0.0565. The molecule has 0 aliphatic heterocycles. The lowest BCUT2D eigenvalue weighted by molar-refractivity contribution is -0.899. The van der Waals surface area contributed by atoms with Crippen LogP contribution in [-0.4, -0.2) is 12.2 Å². The lowest BCUT2D eigenvalue weighted by Crippen LogP contribution is -2.81. The van der Waals surface area contributed by atoms with E-state index in [9.17, 15) is 52.7 Å². The number of pyridine rings is 1. The first-order chi connectivity index (χ1) is 27.2. The average molecular weight is 857 g/mol. The highest BCUT2D eigenvalue weighted by Gasteiger charge is 2.52. The Kier molecular flexibility index (Phi) is 12.3. The van der Waals surface area contributed by atoms with Gasteiger partial charge in [-0.2, -0.15) is 0 Å². The van der Waals surface area contributed by atoms with E-state index in [1.54, 1.807) is 0 Å². The van der Waals surface area contributed by atoms with E-state index in [1.165, 1.54) is 32.1 Å². The molecule has 5 aromatic rings. The van der Waals surface area contributed by atoms with E-state index in [-0.39, 0.29) is 0 Å². The summed E-state index contributed by atoms with van der Waals surface area (Å²) in [7, 11) is 0. The molecule has 4 aromatic carbocycles. The molecular formula is C35H16BF20NO. The van der Waals surface area contributed by atoms with Gasteiger partial charge in [-0.15, -0.1) is 21.9 Å². The average Bonchev–Trinajstić information content (AvgIpc) is 3.21. The monoisotopic (exact) mass is 857 g/mol. The van der Waals surface area contributed by atoms with Gasteiger partial charge in [0.15, 0.2) is 75.9 Å². The van der Waals surface area contributed by atoms with E-state index in [4.69, 9.17) is 4.84 Å². The molecular weight excluding hydrogens is 841 g/mol. The number of halogens is 20. The Morgan fingerprint density at radius 1 is 0.328 bits per heavy atom. The minimum absolute atomic E-state index is 0.432. The van der Waals surface area contributed by atoms with E-state index in [1.807, 2.05) is 35.3 Å². The van der Waals surface area contributed by atoms with Crippen LogP contribution in [-0.2, 0) is 0 Å². The summed E-state index contributed by atoms with van der Waals surface area (Å²) in [5.74, 6) is -71.4. The molecule has 0 atom stereocenters. The fourth-order valence-corrected chi connectivity index (χ4v) is 6.67. The summed E-state index contributed by atoms with van der Waals surface area (Å²) in [6.07, 6.45) is 3.55. The predicted molar refractivity (Wildman–Crippen MR) is 159 cm³/mol. The van der Waals surface area contributed by atoms with Crippen LogP contribution in [0.25, 0.3) is 0 Å². The normalized spacial score (nSPS) is 13.4. The second-order valence-electron chi connectivity index (χ2n) is 12.4. The second-order valence-corrected chi connectivity index (χ2v) is 12.4. The van der Waals surface area contributed by atoms with E-state index < -0.39 is 144 Å². The van der Waals surface area contributed by atoms with Gasteiger partial charge in [-0.05, 0) is 25.7 Å². The topological polar surface area (TPSA) is 13.1 Å². The van der Waals surface area contributed by atoms with Gasteiger partial charge in [0.1, 0.15) is 52.7 Å². The molecule has 1 saturated carbocycles. The van der Waals surface area contributed by atoms with Crippen molar-refractivity contribution in [1.29, 1.82) is 0 Å². The lowest BCUT2D eigenvalue weighted by Gasteiger charge is -2.44. The molecule has 1 heterocycles. The Morgan fingerprint density at radius 2 is 0.552 bits per heavy atom. The fraction of sp³-hybridized carbons (Fsp3) is 0.171. The number of hydrogen-bond acceptors (Lipinski definition) is 1. The van der Waals surface area contributed by atoms with E-state index in [2.05, 4.69) is 0 Å². The van der Waals surface area contributed by atoms with Crippen molar-refractivity contribution in [1.82, 2.24) is 0 Å². The molecule has 6 rings (SSSR count). The number of benzene rings is 4.